The first-order valence-electron chi connectivity index (χ1n) is 5.50. The Morgan fingerprint density at radius 2 is 2.24 bits per heavy atom. The summed E-state index contributed by atoms with van der Waals surface area (Å²) in [5.41, 5.74) is 1.88. The van der Waals surface area contributed by atoms with E-state index in [1.807, 2.05) is 24.3 Å². The van der Waals surface area contributed by atoms with Crippen LogP contribution >= 0.6 is 0 Å². The van der Waals surface area contributed by atoms with Crippen LogP contribution in [-0.4, -0.2) is 30.7 Å². The zero-order valence-electron chi connectivity index (χ0n) is 9.58. The van der Waals surface area contributed by atoms with Gasteiger partial charge in [-0.1, -0.05) is 0 Å². The van der Waals surface area contributed by atoms with Gasteiger partial charge in [0, 0.05) is 17.3 Å². The van der Waals surface area contributed by atoms with Crippen LogP contribution in [0.1, 0.15) is 29.6 Å². The number of nitrogens with zero attached hydrogens (tertiary/aromatic N) is 4. The van der Waals surface area contributed by atoms with Crippen LogP contribution < -0.4 is 0 Å². The van der Waals surface area contributed by atoms with E-state index in [-0.39, 0.29) is 11.8 Å². The van der Waals surface area contributed by atoms with Crippen molar-refractivity contribution in [2.45, 2.75) is 26.2 Å². The molecule has 0 bridgehead atoms. The summed E-state index contributed by atoms with van der Waals surface area (Å²) in [6.07, 6.45) is 0.642. The van der Waals surface area contributed by atoms with Crippen molar-refractivity contribution in [2.75, 3.05) is 0 Å². The molecule has 1 N–H and O–H groups in total. The van der Waals surface area contributed by atoms with Crippen molar-refractivity contribution in [3.63, 3.8) is 0 Å². The zero-order chi connectivity index (χ0) is 12.2. The third-order valence-electron chi connectivity index (χ3n) is 3.16. The Balaban J connectivity index is 2.10. The number of rotatable bonds is 2. The lowest BCUT2D eigenvalue weighted by atomic mass is 10.3. The van der Waals surface area contributed by atoms with Crippen LogP contribution in [0.15, 0.2) is 6.07 Å². The molecule has 2 unspecified atom stereocenters. The van der Waals surface area contributed by atoms with Gasteiger partial charge in [-0.2, -0.15) is 0 Å². The molecule has 2 aromatic rings. The standard InChI is InChI=1S/C11H12N4O2/c1-5-3-6(2)15-9(13-14-11(15)12-5)7-4-8(7)10(16)17/h3,7-8H,4H2,1-2H3,(H,16,17). The summed E-state index contributed by atoms with van der Waals surface area (Å²) in [7, 11) is 0. The molecule has 17 heavy (non-hydrogen) atoms. The predicted molar refractivity (Wildman–Crippen MR) is 58.7 cm³/mol. The number of aromatic nitrogens is 4. The molecule has 0 aliphatic heterocycles. The molecule has 0 amide bonds. The predicted octanol–water partition coefficient (Wildman–Crippen LogP) is 0.929. The minimum Gasteiger partial charge on any atom is -0.481 e. The van der Waals surface area contributed by atoms with Gasteiger partial charge in [0.05, 0.1) is 5.92 Å². The monoisotopic (exact) mass is 232 g/mol. The number of carboxylic acid groups (broad SMARTS) is 1. The van der Waals surface area contributed by atoms with Crippen molar-refractivity contribution in [3.8, 4) is 0 Å². The number of aryl methyl sites for hydroxylation is 2. The van der Waals surface area contributed by atoms with Crippen molar-refractivity contribution in [1.29, 1.82) is 0 Å². The fourth-order valence-electron chi connectivity index (χ4n) is 2.25. The Morgan fingerprint density at radius 3 is 2.88 bits per heavy atom. The summed E-state index contributed by atoms with van der Waals surface area (Å²) in [6.45, 7) is 3.85. The summed E-state index contributed by atoms with van der Waals surface area (Å²) >= 11 is 0. The minimum atomic E-state index is -0.760. The van der Waals surface area contributed by atoms with Gasteiger partial charge in [0.1, 0.15) is 5.82 Å². The molecule has 1 saturated carbocycles. The van der Waals surface area contributed by atoms with Crippen LogP contribution in [0.2, 0.25) is 0 Å². The van der Waals surface area contributed by atoms with Gasteiger partial charge in [-0.3, -0.25) is 9.20 Å². The maximum Gasteiger partial charge on any atom is 0.307 e. The zero-order valence-corrected chi connectivity index (χ0v) is 9.58. The highest BCUT2D eigenvalue weighted by Gasteiger charge is 2.47. The topological polar surface area (TPSA) is 80.4 Å². The molecule has 0 aromatic carbocycles. The quantitative estimate of drug-likeness (QED) is 0.833. The first kappa shape index (κ1) is 10.2. The number of hydrogen-bond donors (Lipinski definition) is 1. The van der Waals surface area contributed by atoms with E-state index in [1.165, 1.54) is 0 Å². The van der Waals surface area contributed by atoms with Crippen molar-refractivity contribution >= 4 is 11.7 Å². The summed E-state index contributed by atoms with van der Waals surface area (Å²) in [5.74, 6) is 0.171. The molecule has 2 heterocycles. The van der Waals surface area contributed by atoms with Crippen LogP contribution in [0.4, 0.5) is 0 Å². The average Bonchev–Trinajstić information content (AvgIpc) is 2.93. The van der Waals surface area contributed by atoms with Gasteiger partial charge in [-0.25, -0.2) is 4.98 Å². The number of aliphatic carboxylic acids is 1. The fourth-order valence-corrected chi connectivity index (χ4v) is 2.25. The lowest BCUT2D eigenvalue weighted by Gasteiger charge is -2.03. The first-order chi connectivity index (χ1) is 8.08. The van der Waals surface area contributed by atoms with Gasteiger partial charge in [0.25, 0.3) is 5.78 Å². The molecule has 3 rings (SSSR count). The van der Waals surface area contributed by atoms with Crippen LogP contribution in [0, 0.1) is 19.8 Å². The first-order valence-corrected chi connectivity index (χ1v) is 5.50. The Hall–Kier alpha value is -1.98. The summed E-state index contributed by atoms with van der Waals surface area (Å²) < 4.78 is 1.85. The van der Waals surface area contributed by atoms with Crippen molar-refractivity contribution in [1.82, 2.24) is 19.6 Å². The van der Waals surface area contributed by atoms with E-state index in [0.29, 0.717) is 12.2 Å². The maximum absolute atomic E-state index is 10.9. The molecule has 1 aliphatic rings. The minimum absolute atomic E-state index is 0.0225. The Kier molecular flexibility index (Phi) is 1.95. The molecule has 1 fully saturated rings. The van der Waals surface area contributed by atoms with E-state index in [9.17, 15) is 4.79 Å². The highest BCUT2D eigenvalue weighted by atomic mass is 16.4. The van der Waals surface area contributed by atoms with E-state index in [2.05, 4.69) is 15.2 Å². The molecule has 6 heteroatoms. The number of carbonyl (C=O) groups is 1. The molecule has 1 aliphatic carbocycles. The van der Waals surface area contributed by atoms with Gasteiger partial charge in [-0.15, -0.1) is 10.2 Å². The fraction of sp³-hybridized carbons (Fsp3) is 0.455. The van der Waals surface area contributed by atoms with Gasteiger partial charge < -0.3 is 5.11 Å². The number of hydrogen-bond acceptors (Lipinski definition) is 4. The molecule has 0 saturated heterocycles. The highest BCUT2D eigenvalue weighted by molar-refractivity contribution is 5.74. The Morgan fingerprint density at radius 1 is 1.47 bits per heavy atom. The maximum atomic E-state index is 10.9. The Labute approximate surface area is 97.3 Å². The molecule has 2 atom stereocenters. The summed E-state index contributed by atoms with van der Waals surface area (Å²) in [4.78, 5) is 15.1. The molecule has 2 aromatic heterocycles. The van der Waals surface area contributed by atoms with Crippen molar-refractivity contribution in [3.05, 3.63) is 23.3 Å². The average molecular weight is 232 g/mol. The van der Waals surface area contributed by atoms with E-state index >= 15 is 0 Å². The SMILES string of the molecule is Cc1cc(C)n2c(C3CC3C(=O)O)nnc2n1. The summed E-state index contributed by atoms with van der Waals surface area (Å²) in [6, 6.07) is 1.94. The second-order valence-electron chi connectivity index (χ2n) is 4.52. The van der Waals surface area contributed by atoms with Gasteiger partial charge in [0.15, 0.2) is 0 Å². The van der Waals surface area contributed by atoms with Crippen LogP contribution in [0.5, 0.6) is 0 Å². The van der Waals surface area contributed by atoms with E-state index in [4.69, 9.17) is 5.11 Å². The molecule has 0 spiro atoms. The second-order valence-corrected chi connectivity index (χ2v) is 4.52. The molecular weight excluding hydrogens is 220 g/mol. The number of fused-ring (bicyclic) bond motifs is 1. The lowest BCUT2D eigenvalue weighted by Crippen LogP contribution is -2.04. The normalized spacial score (nSPS) is 22.9. The molecule has 6 nitrogen and oxygen atoms in total. The molecule has 88 valence electrons. The largest absolute Gasteiger partial charge is 0.481 e. The van der Waals surface area contributed by atoms with Gasteiger partial charge in [-0.05, 0) is 26.3 Å². The lowest BCUT2D eigenvalue weighted by molar-refractivity contribution is -0.138. The Bertz CT molecular complexity index is 619. The van der Waals surface area contributed by atoms with Crippen molar-refractivity contribution in [2.24, 2.45) is 5.92 Å². The van der Waals surface area contributed by atoms with E-state index < -0.39 is 5.97 Å². The smallest absolute Gasteiger partial charge is 0.307 e. The van der Waals surface area contributed by atoms with E-state index in [0.717, 1.165) is 17.2 Å². The molecule has 0 radical (unpaired) electrons. The van der Waals surface area contributed by atoms with Gasteiger partial charge in [0.2, 0.25) is 0 Å². The van der Waals surface area contributed by atoms with Crippen LogP contribution in [0.3, 0.4) is 0 Å². The van der Waals surface area contributed by atoms with Crippen LogP contribution in [-0.2, 0) is 4.79 Å². The second kappa shape index (κ2) is 3.26. The third-order valence-corrected chi connectivity index (χ3v) is 3.16. The van der Waals surface area contributed by atoms with E-state index in [1.54, 1.807) is 0 Å². The van der Waals surface area contributed by atoms with Crippen LogP contribution in [0.25, 0.3) is 5.78 Å². The number of carboxylic acids is 1. The highest BCUT2D eigenvalue weighted by Crippen LogP contribution is 2.46. The summed E-state index contributed by atoms with van der Waals surface area (Å²) in [5, 5.41) is 17.0. The van der Waals surface area contributed by atoms with Crippen molar-refractivity contribution < 1.29 is 9.90 Å². The third kappa shape index (κ3) is 1.48. The van der Waals surface area contributed by atoms with Gasteiger partial charge >= 0.3 is 5.97 Å². The molecular formula is C11H12N4O2.